The number of carbonyl (C=O) groups is 1. The molecule has 4 nitrogen and oxygen atoms in total. The summed E-state index contributed by atoms with van der Waals surface area (Å²) in [7, 11) is 0. The van der Waals surface area contributed by atoms with Gasteiger partial charge in [0, 0.05) is 6.42 Å². The maximum Gasteiger partial charge on any atom is 0.326 e. The van der Waals surface area contributed by atoms with Gasteiger partial charge in [-0.25, -0.2) is 0 Å². The summed E-state index contributed by atoms with van der Waals surface area (Å²) in [6.45, 7) is -0.572. The summed E-state index contributed by atoms with van der Waals surface area (Å²) in [5.41, 5.74) is 4.74. The molecule has 1 aromatic carbocycles. The largest absolute Gasteiger partial charge is 0.480 e. The quantitative estimate of drug-likeness (QED) is 0.702. The number of rotatable bonds is 4. The molecule has 5 heteroatoms. The van der Waals surface area contributed by atoms with Crippen molar-refractivity contribution in [3.05, 3.63) is 35.9 Å². The number of aliphatic hydroxyl groups is 1. The molecule has 0 aliphatic carbocycles. The molecule has 1 rings (SSSR count). The fraction of sp³-hybridized carbons (Fsp3) is 0.300. The van der Waals surface area contributed by atoms with Gasteiger partial charge < -0.3 is 15.9 Å². The number of halogens is 1. The molecule has 4 N–H and O–H groups in total. The Hall–Kier alpha value is -1.10. The van der Waals surface area contributed by atoms with Crippen molar-refractivity contribution >= 4 is 18.4 Å². The number of carboxylic acids is 1. The van der Waals surface area contributed by atoms with Crippen LogP contribution < -0.4 is 5.73 Å². The van der Waals surface area contributed by atoms with Crippen molar-refractivity contribution in [1.29, 1.82) is 0 Å². The summed E-state index contributed by atoms with van der Waals surface area (Å²) >= 11 is 0. The van der Waals surface area contributed by atoms with Gasteiger partial charge >= 0.3 is 5.97 Å². The molecule has 0 saturated heterocycles. The normalized spacial score (nSPS) is 13.7. The zero-order valence-electron chi connectivity index (χ0n) is 8.09. The van der Waals surface area contributed by atoms with Gasteiger partial charge in [0.2, 0.25) is 0 Å². The van der Waals surface area contributed by atoms with Gasteiger partial charge in [-0.15, -0.1) is 12.4 Å². The van der Waals surface area contributed by atoms with E-state index < -0.39 is 18.1 Å². The zero-order valence-corrected chi connectivity index (χ0v) is 8.91. The first-order valence-electron chi connectivity index (χ1n) is 4.25. The lowest BCUT2D eigenvalue weighted by molar-refractivity contribution is -0.144. The summed E-state index contributed by atoms with van der Waals surface area (Å²) in [6.07, 6.45) is 0.125. The van der Waals surface area contributed by atoms with Gasteiger partial charge in [-0.3, -0.25) is 4.79 Å². The van der Waals surface area contributed by atoms with Gasteiger partial charge in [0.05, 0.1) is 6.61 Å². The van der Waals surface area contributed by atoms with Crippen LogP contribution in [0.1, 0.15) is 5.56 Å². The van der Waals surface area contributed by atoms with Gasteiger partial charge in [0.1, 0.15) is 5.54 Å². The fourth-order valence-corrected chi connectivity index (χ4v) is 1.16. The number of benzene rings is 1. The lowest BCUT2D eigenvalue weighted by atomic mass is 9.93. The number of hydrogen-bond acceptors (Lipinski definition) is 3. The minimum absolute atomic E-state index is 0. The summed E-state index contributed by atoms with van der Waals surface area (Å²) in [5, 5.41) is 17.7. The number of hydrogen-bond donors (Lipinski definition) is 3. The molecule has 1 atom stereocenters. The monoisotopic (exact) mass is 231 g/mol. The third-order valence-electron chi connectivity index (χ3n) is 2.07. The van der Waals surface area contributed by atoms with Crippen molar-refractivity contribution in [3.8, 4) is 0 Å². The molecule has 1 aromatic rings. The van der Waals surface area contributed by atoms with Crippen LogP contribution in [0.2, 0.25) is 0 Å². The van der Waals surface area contributed by atoms with Crippen molar-refractivity contribution in [3.63, 3.8) is 0 Å². The molecule has 0 fully saturated rings. The SMILES string of the molecule is Cl.NC(CO)(Cc1ccccc1)C(=O)O. The molecule has 0 amide bonds. The van der Waals surface area contributed by atoms with Gasteiger partial charge in [-0.2, -0.15) is 0 Å². The van der Waals surface area contributed by atoms with E-state index in [1.807, 2.05) is 6.07 Å². The van der Waals surface area contributed by atoms with E-state index in [0.29, 0.717) is 0 Å². The first-order valence-corrected chi connectivity index (χ1v) is 4.25. The Morgan fingerprint density at radius 1 is 1.33 bits per heavy atom. The Labute approximate surface area is 94.1 Å². The third-order valence-corrected chi connectivity index (χ3v) is 2.07. The van der Waals surface area contributed by atoms with Crippen LogP contribution in [0, 0.1) is 0 Å². The molecule has 0 saturated carbocycles. The van der Waals surface area contributed by atoms with Crippen LogP contribution in [0.4, 0.5) is 0 Å². The number of carboxylic acid groups (broad SMARTS) is 1. The highest BCUT2D eigenvalue weighted by Gasteiger charge is 2.33. The predicted octanol–water partition coefficient (Wildman–Crippen LogP) is 0.425. The predicted molar refractivity (Wildman–Crippen MR) is 59.0 cm³/mol. The van der Waals surface area contributed by atoms with Gasteiger partial charge in [0.25, 0.3) is 0 Å². The van der Waals surface area contributed by atoms with E-state index in [-0.39, 0.29) is 18.8 Å². The molecule has 15 heavy (non-hydrogen) atoms. The third kappa shape index (κ3) is 3.51. The second-order valence-corrected chi connectivity index (χ2v) is 3.28. The van der Waals surface area contributed by atoms with Crippen molar-refractivity contribution in [2.24, 2.45) is 5.73 Å². The van der Waals surface area contributed by atoms with E-state index in [4.69, 9.17) is 15.9 Å². The first-order chi connectivity index (χ1) is 6.58. The van der Waals surface area contributed by atoms with Crippen LogP contribution in [-0.2, 0) is 11.2 Å². The first kappa shape index (κ1) is 13.9. The molecule has 0 aliphatic rings. The maximum atomic E-state index is 10.8. The van der Waals surface area contributed by atoms with Gasteiger partial charge in [0.15, 0.2) is 0 Å². The van der Waals surface area contributed by atoms with Crippen LogP contribution >= 0.6 is 12.4 Å². The minimum Gasteiger partial charge on any atom is -0.480 e. The molecule has 0 heterocycles. The Morgan fingerprint density at radius 2 is 1.87 bits per heavy atom. The summed E-state index contributed by atoms with van der Waals surface area (Å²) in [4.78, 5) is 10.8. The van der Waals surface area contributed by atoms with E-state index in [9.17, 15) is 4.79 Å². The Balaban J connectivity index is 0.00000196. The number of aliphatic carboxylic acids is 1. The highest BCUT2D eigenvalue weighted by molar-refractivity contribution is 5.85. The maximum absolute atomic E-state index is 10.8. The molecule has 0 bridgehead atoms. The van der Waals surface area contributed by atoms with Gasteiger partial charge in [-0.1, -0.05) is 30.3 Å². The average molecular weight is 232 g/mol. The second kappa shape index (κ2) is 5.70. The van der Waals surface area contributed by atoms with Crippen LogP contribution in [-0.4, -0.2) is 28.3 Å². The molecule has 0 radical (unpaired) electrons. The summed E-state index contributed by atoms with van der Waals surface area (Å²) in [6, 6.07) is 8.99. The number of nitrogens with two attached hydrogens (primary N) is 1. The zero-order chi connectivity index (χ0) is 10.6. The van der Waals surface area contributed by atoms with Crippen LogP contribution in [0.25, 0.3) is 0 Å². The van der Waals surface area contributed by atoms with Crippen molar-refractivity contribution in [2.45, 2.75) is 12.0 Å². The van der Waals surface area contributed by atoms with Crippen LogP contribution in [0.5, 0.6) is 0 Å². The molecule has 0 spiro atoms. The lowest BCUT2D eigenvalue weighted by Crippen LogP contribution is -2.53. The van der Waals surface area contributed by atoms with E-state index in [1.54, 1.807) is 24.3 Å². The summed E-state index contributed by atoms with van der Waals surface area (Å²) < 4.78 is 0. The lowest BCUT2D eigenvalue weighted by Gasteiger charge is -2.21. The van der Waals surface area contributed by atoms with E-state index in [1.165, 1.54) is 0 Å². The molecule has 0 aliphatic heterocycles. The minimum atomic E-state index is -1.58. The molecular weight excluding hydrogens is 218 g/mol. The van der Waals surface area contributed by atoms with E-state index >= 15 is 0 Å². The standard InChI is InChI=1S/C10H13NO3.ClH/c11-10(7-12,9(13)14)6-8-4-2-1-3-5-8;/h1-5,12H,6-7,11H2,(H,13,14);1H. The fourth-order valence-electron chi connectivity index (χ4n) is 1.16. The topological polar surface area (TPSA) is 83.5 Å². The Kier molecular flexibility index (Phi) is 5.28. The van der Waals surface area contributed by atoms with Crippen molar-refractivity contribution < 1.29 is 15.0 Å². The van der Waals surface area contributed by atoms with E-state index in [2.05, 4.69) is 0 Å². The average Bonchev–Trinajstić information content (AvgIpc) is 2.19. The van der Waals surface area contributed by atoms with Crippen LogP contribution in [0.15, 0.2) is 30.3 Å². The highest BCUT2D eigenvalue weighted by atomic mass is 35.5. The molecular formula is C10H14ClNO3. The number of aliphatic hydroxyl groups excluding tert-OH is 1. The highest BCUT2D eigenvalue weighted by Crippen LogP contribution is 2.10. The van der Waals surface area contributed by atoms with Gasteiger partial charge in [-0.05, 0) is 5.56 Å². The van der Waals surface area contributed by atoms with Crippen molar-refractivity contribution in [2.75, 3.05) is 6.61 Å². The van der Waals surface area contributed by atoms with Crippen molar-refractivity contribution in [1.82, 2.24) is 0 Å². The molecule has 84 valence electrons. The molecule has 1 unspecified atom stereocenters. The second-order valence-electron chi connectivity index (χ2n) is 3.28. The Bertz CT molecular complexity index is 318. The smallest absolute Gasteiger partial charge is 0.326 e. The van der Waals surface area contributed by atoms with Crippen LogP contribution in [0.3, 0.4) is 0 Å². The summed E-state index contributed by atoms with van der Waals surface area (Å²) in [5.74, 6) is -1.19. The molecule has 0 aromatic heterocycles. The Morgan fingerprint density at radius 3 is 2.27 bits per heavy atom. The van der Waals surface area contributed by atoms with E-state index in [0.717, 1.165) is 5.56 Å².